The predicted octanol–water partition coefficient (Wildman–Crippen LogP) is 3.54. The molecular formula is C32H35FN10O3S. The highest BCUT2D eigenvalue weighted by Crippen LogP contribution is 2.31. The molecule has 15 heteroatoms. The number of rotatable bonds is 7. The zero-order chi connectivity index (χ0) is 32.5. The quantitative estimate of drug-likeness (QED) is 0.293. The summed E-state index contributed by atoms with van der Waals surface area (Å²) < 4.78 is 42.1. The first-order valence-corrected chi connectivity index (χ1v) is 17.3. The number of nitrogens with one attached hydrogen (secondary N) is 1. The van der Waals surface area contributed by atoms with E-state index in [1.807, 2.05) is 21.8 Å². The zero-order valence-corrected chi connectivity index (χ0v) is 26.8. The van der Waals surface area contributed by atoms with Crippen molar-refractivity contribution >= 4 is 33.3 Å². The third-order valence-corrected chi connectivity index (χ3v) is 10.8. The highest BCUT2D eigenvalue weighted by Gasteiger charge is 2.37. The number of piperidine rings is 2. The lowest BCUT2D eigenvalue weighted by molar-refractivity contribution is -0.130. The van der Waals surface area contributed by atoms with E-state index < -0.39 is 16.2 Å². The average molecular weight is 659 g/mol. The molecule has 0 aromatic carbocycles. The number of amides is 1. The summed E-state index contributed by atoms with van der Waals surface area (Å²) in [5.74, 6) is 7.90. The molecule has 0 bridgehead atoms. The first kappa shape index (κ1) is 30.8. The molecule has 1 saturated carbocycles. The number of alkyl halides is 1. The third kappa shape index (κ3) is 6.83. The minimum Gasteiger partial charge on any atom is -0.370 e. The van der Waals surface area contributed by atoms with E-state index in [9.17, 15) is 17.6 Å². The van der Waals surface area contributed by atoms with Gasteiger partial charge in [-0.2, -0.15) is 14.3 Å². The maximum atomic E-state index is 14.1. The van der Waals surface area contributed by atoms with Crippen LogP contribution in [0.3, 0.4) is 0 Å². The number of carbonyl (C=O) groups is 1. The lowest BCUT2D eigenvalue weighted by atomic mass is 10.1. The third-order valence-electron chi connectivity index (χ3n) is 8.81. The fourth-order valence-corrected chi connectivity index (χ4v) is 7.40. The predicted molar refractivity (Wildman–Crippen MR) is 173 cm³/mol. The molecule has 13 nitrogen and oxygen atoms in total. The number of aromatic nitrogens is 7. The summed E-state index contributed by atoms with van der Waals surface area (Å²) in [4.78, 5) is 29.1. The van der Waals surface area contributed by atoms with Crippen molar-refractivity contribution in [3.8, 4) is 23.2 Å². The summed E-state index contributed by atoms with van der Waals surface area (Å²) in [5.41, 5.74) is 2.81. The number of hydrogen-bond donors (Lipinski definition) is 1. The molecule has 0 unspecified atom stereocenters. The second-order valence-electron chi connectivity index (χ2n) is 12.2. The Labute approximate surface area is 272 Å². The fourth-order valence-electron chi connectivity index (χ4n) is 5.92. The van der Waals surface area contributed by atoms with E-state index in [4.69, 9.17) is 0 Å². The molecule has 244 valence electrons. The topological polar surface area (TPSA) is 144 Å². The van der Waals surface area contributed by atoms with E-state index in [1.54, 1.807) is 31.6 Å². The summed E-state index contributed by atoms with van der Waals surface area (Å²) in [6.45, 7) is 4.16. The molecular weight excluding hydrogens is 623 g/mol. The van der Waals surface area contributed by atoms with Crippen LogP contribution in [0.25, 0.3) is 11.4 Å². The second kappa shape index (κ2) is 12.7. The minimum atomic E-state index is -3.50. The monoisotopic (exact) mass is 658 g/mol. The number of pyridine rings is 1. The molecule has 1 amide bonds. The molecule has 7 rings (SSSR count). The maximum Gasteiger partial charge on any atom is 0.256 e. The van der Waals surface area contributed by atoms with Crippen molar-refractivity contribution in [2.75, 3.05) is 36.4 Å². The van der Waals surface area contributed by atoms with Gasteiger partial charge in [-0.05, 0) is 44.6 Å². The maximum absolute atomic E-state index is 14.1. The van der Waals surface area contributed by atoms with Crippen LogP contribution in [0.2, 0.25) is 0 Å². The van der Waals surface area contributed by atoms with Crippen LogP contribution in [0, 0.1) is 11.8 Å². The molecule has 47 heavy (non-hydrogen) atoms. The zero-order valence-electron chi connectivity index (χ0n) is 26.0. The number of likely N-dealkylation sites (tertiary alicyclic amines) is 1. The standard InChI is InChI=1S/C32H35FN10O3S/c1-22(44)40-14-9-27(10-15-40)42-20-23(17-36-42)2-3-24-18-35-31(16-29(24)41-12-7-26(33)8-13-41)38-30-6-11-34-32(39-30)25-19-37-43(21-25)47(45,46)28-4-5-28/h6,11,16-21,26-28H,4-5,7-10,12-15H2,1H3,(H,34,35,38,39). The van der Waals surface area contributed by atoms with E-state index >= 15 is 0 Å². The molecule has 3 fully saturated rings. The summed E-state index contributed by atoms with van der Waals surface area (Å²) >= 11 is 0. The van der Waals surface area contributed by atoms with Gasteiger partial charge in [0.1, 0.15) is 17.8 Å². The van der Waals surface area contributed by atoms with Crippen LogP contribution < -0.4 is 10.2 Å². The van der Waals surface area contributed by atoms with Gasteiger partial charge in [0.2, 0.25) is 5.91 Å². The average Bonchev–Trinajstić information content (AvgIpc) is 3.63. The van der Waals surface area contributed by atoms with Crippen molar-refractivity contribution in [2.45, 2.75) is 62.9 Å². The van der Waals surface area contributed by atoms with Crippen molar-refractivity contribution in [3.05, 3.63) is 60.4 Å². The molecule has 0 spiro atoms. The van der Waals surface area contributed by atoms with Crippen LogP contribution in [0.4, 0.5) is 21.7 Å². The first-order chi connectivity index (χ1) is 22.7. The van der Waals surface area contributed by atoms with Crippen LogP contribution in [-0.2, 0) is 14.8 Å². The Balaban J connectivity index is 1.10. The number of anilines is 3. The Morgan fingerprint density at radius 1 is 0.936 bits per heavy atom. The summed E-state index contributed by atoms with van der Waals surface area (Å²) in [6, 6.07) is 3.80. The van der Waals surface area contributed by atoms with Crippen molar-refractivity contribution in [1.29, 1.82) is 0 Å². The van der Waals surface area contributed by atoms with Gasteiger partial charge < -0.3 is 15.1 Å². The molecule has 4 aromatic rings. The summed E-state index contributed by atoms with van der Waals surface area (Å²) in [5, 5.41) is 11.4. The van der Waals surface area contributed by atoms with Gasteiger partial charge in [0, 0.05) is 57.8 Å². The van der Waals surface area contributed by atoms with Crippen LogP contribution in [0.5, 0.6) is 0 Å². The Hall–Kier alpha value is -4.84. The van der Waals surface area contributed by atoms with Gasteiger partial charge in [-0.3, -0.25) is 9.48 Å². The highest BCUT2D eigenvalue weighted by atomic mass is 32.2. The SMILES string of the molecule is CC(=O)N1CCC(n2cc(C#Cc3cnc(Nc4ccnc(-c5cnn(S(=O)(=O)C6CC6)c5)n4)cc3N3CCC(F)CC3)cn2)CC1. The Morgan fingerprint density at radius 3 is 2.47 bits per heavy atom. The number of hydrogen-bond acceptors (Lipinski definition) is 10. The van der Waals surface area contributed by atoms with Gasteiger partial charge in [0.05, 0.1) is 52.3 Å². The van der Waals surface area contributed by atoms with Crippen molar-refractivity contribution in [1.82, 2.24) is 38.8 Å². The number of halogens is 1. The second-order valence-corrected chi connectivity index (χ2v) is 14.3. The van der Waals surface area contributed by atoms with Gasteiger partial charge in [0.25, 0.3) is 10.0 Å². The van der Waals surface area contributed by atoms with E-state index in [0.717, 1.165) is 41.3 Å². The molecule has 1 N–H and O–H groups in total. The van der Waals surface area contributed by atoms with E-state index in [1.165, 1.54) is 12.4 Å². The number of nitrogens with zero attached hydrogens (tertiary/aromatic N) is 9. The van der Waals surface area contributed by atoms with E-state index in [0.29, 0.717) is 67.4 Å². The Morgan fingerprint density at radius 2 is 1.72 bits per heavy atom. The summed E-state index contributed by atoms with van der Waals surface area (Å²) in [6.07, 6.45) is 12.9. The van der Waals surface area contributed by atoms with Crippen molar-refractivity contribution < 1.29 is 17.6 Å². The molecule has 0 radical (unpaired) electrons. The number of carbonyl (C=O) groups excluding carboxylic acids is 1. The molecule has 4 aromatic heterocycles. The van der Waals surface area contributed by atoms with Gasteiger partial charge in [0.15, 0.2) is 5.82 Å². The van der Waals surface area contributed by atoms with Crippen molar-refractivity contribution in [3.63, 3.8) is 0 Å². The van der Waals surface area contributed by atoms with Gasteiger partial charge in [-0.15, -0.1) is 0 Å². The van der Waals surface area contributed by atoms with E-state index in [2.05, 4.69) is 47.2 Å². The largest absolute Gasteiger partial charge is 0.370 e. The normalized spacial score (nSPS) is 17.7. The van der Waals surface area contributed by atoms with Crippen LogP contribution in [-0.4, -0.2) is 90.7 Å². The van der Waals surface area contributed by atoms with E-state index in [-0.39, 0.29) is 17.2 Å². The minimum absolute atomic E-state index is 0.102. The van der Waals surface area contributed by atoms with Crippen molar-refractivity contribution in [2.24, 2.45) is 0 Å². The van der Waals surface area contributed by atoms with Crippen LogP contribution in [0.1, 0.15) is 62.6 Å². The molecule has 2 aliphatic heterocycles. The molecule has 3 aliphatic rings. The van der Waals surface area contributed by atoms with Crippen LogP contribution >= 0.6 is 0 Å². The Bertz CT molecular complexity index is 1950. The van der Waals surface area contributed by atoms with Gasteiger partial charge >= 0.3 is 0 Å². The smallest absolute Gasteiger partial charge is 0.256 e. The lowest BCUT2D eigenvalue weighted by Crippen LogP contribution is -2.37. The molecule has 6 heterocycles. The fraction of sp³-hybridized carbons (Fsp3) is 0.438. The molecule has 2 saturated heterocycles. The Kier molecular flexibility index (Phi) is 8.35. The molecule has 0 atom stereocenters. The van der Waals surface area contributed by atoms with Crippen LogP contribution in [0.15, 0.2) is 49.3 Å². The summed E-state index contributed by atoms with van der Waals surface area (Å²) in [7, 11) is -3.50. The highest BCUT2D eigenvalue weighted by molar-refractivity contribution is 7.90. The molecule has 1 aliphatic carbocycles. The lowest BCUT2D eigenvalue weighted by Gasteiger charge is -2.31. The van der Waals surface area contributed by atoms with Gasteiger partial charge in [-0.1, -0.05) is 11.8 Å². The first-order valence-electron chi connectivity index (χ1n) is 15.8. The van der Waals surface area contributed by atoms with Gasteiger partial charge in [-0.25, -0.2) is 27.8 Å².